The Morgan fingerprint density at radius 3 is 2.44 bits per heavy atom. The van der Waals surface area contributed by atoms with Gasteiger partial charge in [-0.3, -0.25) is 4.79 Å². The molecule has 0 spiro atoms. The molecule has 1 N–H and O–H groups in total. The van der Waals surface area contributed by atoms with Crippen LogP contribution in [0.4, 0.5) is 0 Å². The molecule has 2 aromatic carbocycles. The second-order valence-corrected chi connectivity index (χ2v) is 6.84. The number of carboxylic acid groups (broad SMARTS) is 1. The minimum atomic E-state index is -0.953. The first-order chi connectivity index (χ1) is 13.1. The molecule has 3 rings (SSSR count). The lowest BCUT2D eigenvalue weighted by Gasteiger charge is -2.39. The quantitative estimate of drug-likeness (QED) is 0.691. The molecule has 5 heteroatoms. The normalized spacial score (nSPS) is 14.0. The SMILES string of the molecule is O=C(O)c1ccccc1CCC(=O)N1CC(OCCCc2ccccc2)C1. The van der Waals surface area contributed by atoms with Crippen molar-refractivity contribution in [1.29, 1.82) is 0 Å². The molecule has 0 saturated carbocycles. The van der Waals surface area contributed by atoms with Crippen LogP contribution in [0.3, 0.4) is 0 Å². The molecule has 0 atom stereocenters. The highest BCUT2D eigenvalue weighted by molar-refractivity contribution is 5.89. The van der Waals surface area contributed by atoms with Crippen LogP contribution in [-0.2, 0) is 22.4 Å². The maximum atomic E-state index is 12.3. The van der Waals surface area contributed by atoms with Crippen molar-refractivity contribution in [2.75, 3.05) is 19.7 Å². The molecule has 1 aliphatic heterocycles. The maximum Gasteiger partial charge on any atom is 0.335 e. The summed E-state index contributed by atoms with van der Waals surface area (Å²) in [7, 11) is 0. The van der Waals surface area contributed by atoms with Gasteiger partial charge in [-0.05, 0) is 36.5 Å². The van der Waals surface area contributed by atoms with E-state index in [0.29, 0.717) is 38.1 Å². The van der Waals surface area contributed by atoms with Gasteiger partial charge in [0.25, 0.3) is 0 Å². The highest BCUT2D eigenvalue weighted by Gasteiger charge is 2.30. The number of ether oxygens (including phenoxy) is 1. The summed E-state index contributed by atoms with van der Waals surface area (Å²) in [4.78, 5) is 25.3. The van der Waals surface area contributed by atoms with E-state index in [1.54, 1.807) is 29.2 Å². The third kappa shape index (κ3) is 5.41. The molecule has 27 heavy (non-hydrogen) atoms. The minimum Gasteiger partial charge on any atom is -0.478 e. The molecule has 0 radical (unpaired) electrons. The fourth-order valence-electron chi connectivity index (χ4n) is 3.26. The zero-order chi connectivity index (χ0) is 19.1. The highest BCUT2D eigenvalue weighted by atomic mass is 16.5. The maximum absolute atomic E-state index is 12.3. The van der Waals surface area contributed by atoms with Crippen molar-refractivity contribution >= 4 is 11.9 Å². The van der Waals surface area contributed by atoms with Gasteiger partial charge < -0.3 is 14.7 Å². The van der Waals surface area contributed by atoms with Gasteiger partial charge >= 0.3 is 5.97 Å². The van der Waals surface area contributed by atoms with Gasteiger partial charge in [-0.1, -0.05) is 48.5 Å². The minimum absolute atomic E-state index is 0.0549. The number of nitrogens with zero attached hydrogens (tertiary/aromatic N) is 1. The van der Waals surface area contributed by atoms with Crippen LogP contribution in [0.1, 0.15) is 34.3 Å². The molecule has 5 nitrogen and oxygen atoms in total. The Balaban J connectivity index is 1.32. The van der Waals surface area contributed by atoms with E-state index in [-0.39, 0.29) is 17.6 Å². The van der Waals surface area contributed by atoms with Crippen molar-refractivity contribution in [3.8, 4) is 0 Å². The van der Waals surface area contributed by atoms with E-state index < -0.39 is 5.97 Å². The van der Waals surface area contributed by atoms with Gasteiger partial charge in [0, 0.05) is 26.1 Å². The zero-order valence-electron chi connectivity index (χ0n) is 15.3. The molecule has 0 aliphatic carbocycles. The molecule has 1 heterocycles. The topological polar surface area (TPSA) is 66.8 Å². The van der Waals surface area contributed by atoms with Gasteiger partial charge in [-0.15, -0.1) is 0 Å². The number of carboxylic acids is 1. The van der Waals surface area contributed by atoms with E-state index >= 15 is 0 Å². The van der Waals surface area contributed by atoms with Crippen LogP contribution in [0, 0.1) is 0 Å². The first-order valence-electron chi connectivity index (χ1n) is 9.38. The van der Waals surface area contributed by atoms with Gasteiger partial charge in [0.1, 0.15) is 0 Å². The van der Waals surface area contributed by atoms with Crippen LogP contribution in [-0.4, -0.2) is 47.7 Å². The smallest absolute Gasteiger partial charge is 0.335 e. The number of amides is 1. The van der Waals surface area contributed by atoms with Gasteiger partial charge in [0.15, 0.2) is 0 Å². The van der Waals surface area contributed by atoms with E-state index in [2.05, 4.69) is 12.1 Å². The van der Waals surface area contributed by atoms with Gasteiger partial charge in [0.05, 0.1) is 11.7 Å². The fraction of sp³-hybridized carbons (Fsp3) is 0.364. The number of hydrogen-bond donors (Lipinski definition) is 1. The van der Waals surface area contributed by atoms with E-state index in [4.69, 9.17) is 4.74 Å². The molecule has 1 aliphatic rings. The van der Waals surface area contributed by atoms with Gasteiger partial charge in [0.2, 0.25) is 5.91 Å². The van der Waals surface area contributed by atoms with Crippen LogP contribution in [0.5, 0.6) is 0 Å². The number of likely N-dealkylation sites (tertiary alicyclic amines) is 1. The summed E-state index contributed by atoms with van der Waals surface area (Å²) in [6.07, 6.45) is 2.86. The molecule has 0 aromatic heterocycles. The monoisotopic (exact) mass is 367 g/mol. The lowest BCUT2D eigenvalue weighted by molar-refractivity contribution is -0.144. The number of benzene rings is 2. The van der Waals surface area contributed by atoms with Crippen LogP contribution in [0.2, 0.25) is 0 Å². The average Bonchev–Trinajstić information content (AvgIpc) is 2.65. The first-order valence-corrected chi connectivity index (χ1v) is 9.38. The highest BCUT2D eigenvalue weighted by Crippen LogP contribution is 2.17. The van der Waals surface area contributed by atoms with E-state index in [1.165, 1.54) is 5.56 Å². The Kier molecular flexibility index (Phi) is 6.60. The molecule has 1 saturated heterocycles. The number of hydrogen-bond acceptors (Lipinski definition) is 3. The van der Waals surface area contributed by atoms with Crippen LogP contribution >= 0.6 is 0 Å². The summed E-state index contributed by atoms with van der Waals surface area (Å²) in [6, 6.07) is 17.2. The van der Waals surface area contributed by atoms with Crippen LogP contribution in [0.25, 0.3) is 0 Å². The first kappa shape index (κ1) is 19.1. The Bertz CT molecular complexity index is 769. The second kappa shape index (κ2) is 9.33. The van der Waals surface area contributed by atoms with Crippen molar-refractivity contribution in [2.24, 2.45) is 0 Å². The van der Waals surface area contributed by atoms with Gasteiger partial charge in [-0.2, -0.15) is 0 Å². The average molecular weight is 367 g/mol. The van der Waals surface area contributed by atoms with Crippen molar-refractivity contribution in [1.82, 2.24) is 4.90 Å². The molecule has 1 amide bonds. The predicted octanol–water partition coefficient (Wildman–Crippen LogP) is 3.18. The fourth-order valence-corrected chi connectivity index (χ4v) is 3.26. The van der Waals surface area contributed by atoms with E-state index in [1.807, 2.05) is 18.2 Å². The summed E-state index contributed by atoms with van der Waals surface area (Å²) in [5.41, 5.74) is 2.29. The van der Waals surface area contributed by atoms with Crippen molar-refractivity contribution in [2.45, 2.75) is 31.8 Å². The number of carbonyl (C=O) groups is 2. The molecule has 142 valence electrons. The number of aryl methyl sites for hydroxylation is 2. The standard InChI is InChI=1S/C22H25NO4/c24-21(13-12-18-10-4-5-11-20(18)22(25)26)23-15-19(16-23)27-14-6-9-17-7-2-1-3-8-17/h1-5,7-8,10-11,19H,6,9,12-16H2,(H,25,26). The predicted molar refractivity (Wildman–Crippen MR) is 103 cm³/mol. The summed E-state index contributed by atoms with van der Waals surface area (Å²) in [5.74, 6) is -0.898. The third-order valence-electron chi connectivity index (χ3n) is 4.86. The van der Waals surface area contributed by atoms with Crippen molar-refractivity contribution < 1.29 is 19.4 Å². The van der Waals surface area contributed by atoms with Crippen LogP contribution < -0.4 is 0 Å². The Morgan fingerprint density at radius 2 is 1.70 bits per heavy atom. The van der Waals surface area contributed by atoms with Gasteiger partial charge in [-0.25, -0.2) is 4.79 Å². The lowest BCUT2D eigenvalue weighted by Crippen LogP contribution is -2.54. The third-order valence-corrected chi connectivity index (χ3v) is 4.86. The summed E-state index contributed by atoms with van der Waals surface area (Å²) in [5, 5.41) is 9.20. The Labute approximate surface area is 159 Å². The van der Waals surface area contributed by atoms with Crippen LogP contribution in [0.15, 0.2) is 54.6 Å². The van der Waals surface area contributed by atoms with E-state index in [0.717, 1.165) is 12.8 Å². The molecule has 0 bridgehead atoms. The molecular formula is C22H25NO4. The molecule has 1 fully saturated rings. The van der Waals surface area contributed by atoms with Crippen molar-refractivity contribution in [3.63, 3.8) is 0 Å². The number of aromatic carboxylic acids is 1. The second-order valence-electron chi connectivity index (χ2n) is 6.84. The Morgan fingerprint density at radius 1 is 1.00 bits per heavy atom. The van der Waals surface area contributed by atoms with E-state index in [9.17, 15) is 14.7 Å². The lowest BCUT2D eigenvalue weighted by atomic mass is 10.0. The molecular weight excluding hydrogens is 342 g/mol. The number of carbonyl (C=O) groups excluding carboxylic acids is 1. The van der Waals surface area contributed by atoms with Crippen molar-refractivity contribution in [3.05, 3.63) is 71.3 Å². The zero-order valence-corrected chi connectivity index (χ0v) is 15.3. The Hall–Kier alpha value is -2.66. The largest absolute Gasteiger partial charge is 0.478 e. The summed E-state index contributed by atoms with van der Waals surface area (Å²) >= 11 is 0. The molecule has 2 aromatic rings. The summed E-state index contributed by atoms with van der Waals surface area (Å²) in [6.45, 7) is 1.96. The summed E-state index contributed by atoms with van der Waals surface area (Å²) < 4.78 is 5.82. The number of rotatable bonds is 9. The molecule has 0 unspecified atom stereocenters.